The van der Waals surface area contributed by atoms with Crippen LogP contribution < -0.4 is 10.6 Å². The second-order valence-electron chi connectivity index (χ2n) is 7.77. The molecular weight excluding hydrogens is 449 g/mol. The summed E-state index contributed by atoms with van der Waals surface area (Å²) in [7, 11) is 1.41. The molecule has 0 saturated heterocycles. The average Bonchev–Trinajstić information content (AvgIpc) is 3.55. The quantitative estimate of drug-likeness (QED) is 0.382. The van der Waals surface area contributed by atoms with Crippen molar-refractivity contribution in [3.63, 3.8) is 0 Å². The van der Waals surface area contributed by atoms with Crippen molar-refractivity contribution in [3.8, 4) is 11.3 Å². The van der Waals surface area contributed by atoms with Gasteiger partial charge in [0.25, 0.3) is 11.8 Å². The van der Waals surface area contributed by atoms with Gasteiger partial charge < -0.3 is 15.1 Å². The summed E-state index contributed by atoms with van der Waals surface area (Å²) in [6, 6.07) is 18.6. The van der Waals surface area contributed by atoms with E-state index >= 15 is 0 Å². The van der Waals surface area contributed by atoms with Crippen LogP contribution in [0.2, 0.25) is 0 Å². The van der Waals surface area contributed by atoms with Crippen molar-refractivity contribution in [2.45, 2.75) is 6.54 Å². The fraction of sp³-hybridized carbons (Fsp3) is 0.0769. The van der Waals surface area contributed by atoms with Crippen molar-refractivity contribution in [3.05, 3.63) is 102 Å². The standard InChI is InChI=1S/C26H20FN5O3/c1-28-25(33)20-12-17(9-10-22(20)27)30-26(34)19-13-23(16-6-3-2-4-7-16)31-24-21(19)14-29-32(24)15-18-8-5-11-35-18/h2-14H,15H2,1H3,(H,28,33)(H,30,34). The lowest BCUT2D eigenvalue weighted by Gasteiger charge is -2.11. The highest BCUT2D eigenvalue weighted by atomic mass is 19.1. The lowest BCUT2D eigenvalue weighted by molar-refractivity contribution is 0.0957. The zero-order valence-electron chi connectivity index (χ0n) is 18.7. The van der Waals surface area contributed by atoms with Crippen molar-refractivity contribution in [2.75, 3.05) is 12.4 Å². The molecule has 0 bridgehead atoms. The summed E-state index contributed by atoms with van der Waals surface area (Å²) < 4.78 is 21.2. The fourth-order valence-electron chi connectivity index (χ4n) is 3.77. The number of hydrogen-bond acceptors (Lipinski definition) is 5. The number of nitrogens with one attached hydrogen (secondary N) is 2. The molecule has 8 nitrogen and oxygen atoms in total. The number of rotatable bonds is 6. The van der Waals surface area contributed by atoms with E-state index in [1.54, 1.807) is 29.3 Å². The number of benzene rings is 2. The Balaban J connectivity index is 1.57. The lowest BCUT2D eigenvalue weighted by Crippen LogP contribution is -2.20. The van der Waals surface area contributed by atoms with Gasteiger partial charge in [-0.25, -0.2) is 14.1 Å². The Morgan fingerprint density at radius 2 is 1.83 bits per heavy atom. The molecule has 0 saturated carbocycles. The largest absolute Gasteiger partial charge is 0.467 e. The SMILES string of the molecule is CNC(=O)c1cc(NC(=O)c2cc(-c3ccccc3)nc3c2cnn3Cc2ccco2)ccc1F. The van der Waals surface area contributed by atoms with E-state index in [9.17, 15) is 14.0 Å². The Morgan fingerprint density at radius 1 is 1.00 bits per heavy atom. The number of anilines is 1. The molecule has 9 heteroatoms. The second kappa shape index (κ2) is 9.22. The summed E-state index contributed by atoms with van der Waals surface area (Å²) in [5.41, 5.74) is 2.39. The number of aromatic nitrogens is 3. The maximum Gasteiger partial charge on any atom is 0.256 e. The van der Waals surface area contributed by atoms with Gasteiger partial charge in [-0.05, 0) is 36.4 Å². The molecule has 2 amide bonds. The summed E-state index contributed by atoms with van der Waals surface area (Å²) in [5.74, 6) is -1.02. The molecule has 0 unspecified atom stereocenters. The Hall–Kier alpha value is -4.79. The first-order valence-corrected chi connectivity index (χ1v) is 10.8. The molecule has 5 aromatic rings. The van der Waals surface area contributed by atoms with Gasteiger partial charge in [0.15, 0.2) is 5.65 Å². The molecule has 0 aliphatic carbocycles. The van der Waals surface area contributed by atoms with E-state index in [1.807, 2.05) is 36.4 Å². The Morgan fingerprint density at radius 3 is 2.57 bits per heavy atom. The number of furan rings is 1. The van der Waals surface area contributed by atoms with Gasteiger partial charge in [0, 0.05) is 18.3 Å². The normalized spacial score (nSPS) is 10.9. The number of hydrogen-bond donors (Lipinski definition) is 2. The molecule has 3 heterocycles. The molecule has 0 spiro atoms. The van der Waals surface area contributed by atoms with Crippen LogP contribution in [-0.2, 0) is 6.54 Å². The number of amides is 2. The third kappa shape index (κ3) is 4.39. The number of fused-ring (bicyclic) bond motifs is 1. The number of carbonyl (C=O) groups excluding carboxylic acids is 2. The predicted molar refractivity (Wildman–Crippen MR) is 129 cm³/mol. The van der Waals surface area contributed by atoms with Gasteiger partial charge in [-0.15, -0.1) is 0 Å². The molecule has 174 valence electrons. The molecule has 0 atom stereocenters. The smallest absolute Gasteiger partial charge is 0.256 e. The van der Waals surface area contributed by atoms with Gasteiger partial charge in [-0.2, -0.15) is 5.10 Å². The van der Waals surface area contributed by atoms with Crippen LogP contribution in [0.3, 0.4) is 0 Å². The first kappa shape index (κ1) is 22.0. The Kier molecular flexibility index (Phi) is 5.80. The van der Waals surface area contributed by atoms with E-state index in [0.29, 0.717) is 34.6 Å². The third-order valence-electron chi connectivity index (χ3n) is 5.50. The van der Waals surface area contributed by atoms with Gasteiger partial charge >= 0.3 is 0 Å². The maximum atomic E-state index is 14.1. The summed E-state index contributed by atoms with van der Waals surface area (Å²) in [5, 5.41) is 10.1. The molecule has 2 aromatic carbocycles. The van der Waals surface area contributed by atoms with Crippen LogP contribution in [-0.4, -0.2) is 33.6 Å². The fourth-order valence-corrected chi connectivity index (χ4v) is 3.77. The van der Waals surface area contributed by atoms with Gasteiger partial charge in [-0.1, -0.05) is 30.3 Å². The Bertz CT molecular complexity index is 1530. The van der Waals surface area contributed by atoms with E-state index in [0.717, 1.165) is 11.6 Å². The number of nitrogens with zero attached hydrogens (tertiary/aromatic N) is 3. The van der Waals surface area contributed by atoms with Crippen LogP contribution in [0.4, 0.5) is 10.1 Å². The third-order valence-corrected chi connectivity index (χ3v) is 5.50. The summed E-state index contributed by atoms with van der Waals surface area (Å²) in [6.07, 6.45) is 3.16. The highest BCUT2D eigenvalue weighted by molar-refractivity contribution is 6.13. The molecule has 0 fully saturated rings. The summed E-state index contributed by atoms with van der Waals surface area (Å²) >= 11 is 0. The van der Waals surface area contributed by atoms with Gasteiger partial charge in [0.1, 0.15) is 18.1 Å². The highest BCUT2D eigenvalue weighted by Crippen LogP contribution is 2.26. The first-order valence-electron chi connectivity index (χ1n) is 10.8. The van der Waals surface area contributed by atoms with E-state index in [1.165, 1.54) is 19.2 Å². The van der Waals surface area contributed by atoms with Crippen LogP contribution >= 0.6 is 0 Å². The zero-order chi connectivity index (χ0) is 24.4. The average molecular weight is 469 g/mol. The van der Waals surface area contributed by atoms with Gasteiger partial charge in [-0.3, -0.25) is 9.59 Å². The van der Waals surface area contributed by atoms with Crippen LogP contribution in [0, 0.1) is 5.82 Å². The number of carbonyl (C=O) groups is 2. The minimum absolute atomic E-state index is 0.165. The van der Waals surface area contributed by atoms with Crippen LogP contribution in [0.1, 0.15) is 26.5 Å². The zero-order valence-corrected chi connectivity index (χ0v) is 18.7. The lowest BCUT2D eigenvalue weighted by atomic mass is 10.1. The van der Waals surface area contributed by atoms with Crippen molar-refractivity contribution in [2.24, 2.45) is 0 Å². The molecule has 2 N–H and O–H groups in total. The minimum atomic E-state index is -0.681. The molecule has 0 aliphatic rings. The van der Waals surface area contributed by atoms with Crippen molar-refractivity contribution in [1.82, 2.24) is 20.1 Å². The van der Waals surface area contributed by atoms with E-state index in [4.69, 9.17) is 9.40 Å². The van der Waals surface area contributed by atoms with Crippen molar-refractivity contribution in [1.29, 1.82) is 0 Å². The predicted octanol–water partition coefficient (Wildman–Crippen LogP) is 4.49. The number of pyridine rings is 1. The molecule has 0 aliphatic heterocycles. The molecular formula is C26H20FN5O3. The molecule has 35 heavy (non-hydrogen) atoms. The van der Waals surface area contributed by atoms with Gasteiger partial charge in [0.05, 0.1) is 34.7 Å². The second-order valence-corrected chi connectivity index (χ2v) is 7.77. The van der Waals surface area contributed by atoms with Crippen LogP contribution in [0.5, 0.6) is 0 Å². The molecule has 3 aromatic heterocycles. The van der Waals surface area contributed by atoms with E-state index in [-0.39, 0.29) is 11.3 Å². The molecule has 0 radical (unpaired) electrons. The Labute approximate surface area is 199 Å². The topological polar surface area (TPSA) is 102 Å². The number of halogens is 1. The minimum Gasteiger partial charge on any atom is -0.467 e. The summed E-state index contributed by atoms with van der Waals surface area (Å²) in [4.78, 5) is 30.1. The van der Waals surface area contributed by atoms with Crippen LogP contribution in [0.15, 0.2) is 83.6 Å². The van der Waals surface area contributed by atoms with E-state index < -0.39 is 17.6 Å². The molecule has 5 rings (SSSR count). The summed E-state index contributed by atoms with van der Waals surface area (Å²) in [6.45, 7) is 0.344. The monoisotopic (exact) mass is 469 g/mol. The van der Waals surface area contributed by atoms with Crippen LogP contribution in [0.25, 0.3) is 22.3 Å². The van der Waals surface area contributed by atoms with Gasteiger partial charge in [0.2, 0.25) is 0 Å². The van der Waals surface area contributed by atoms with Crippen molar-refractivity contribution >= 4 is 28.5 Å². The maximum absolute atomic E-state index is 14.1. The van der Waals surface area contributed by atoms with Crippen molar-refractivity contribution < 1.29 is 18.4 Å². The first-order chi connectivity index (χ1) is 17.0. The van der Waals surface area contributed by atoms with E-state index in [2.05, 4.69) is 15.7 Å². The highest BCUT2D eigenvalue weighted by Gasteiger charge is 2.19.